The van der Waals surface area contributed by atoms with Crippen LogP contribution in [0.1, 0.15) is 56.7 Å². The van der Waals surface area contributed by atoms with Crippen molar-refractivity contribution in [2.75, 3.05) is 27.9 Å². The van der Waals surface area contributed by atoms with E-state index in [1.54, 1.807) is 54.3 Å². The van der Waals surface area contributed by atoms with E-state index in [4.69, 9.17) is 14.2 Å². The Morgan fingerprint density at radius 2 is 1.47 bits per heavy atom. The zero-order valence-electron chi connectivity index (χ0n) is 33.1. The van der Waals surface area contributed by atoms with Gasteiger partial charge in [0.1, 0.15) is 0 Å². The van der Waals surface area contributed by atoms with Crippen LogP contribution < -0.4 is 14.7 Å². The van der Waals surface area contributed by atoms with Crippen LogP contribution in [0.25, 0.3) is 0 Å². The summed E-state index contributed by atoms with van der Waals surface area (Å²) in [6.07, 6.45) is -2.74. The largest absolute Gasteiger partial charge is 0.441 e. The molecule has 3 aromatic rings. The molecule has 3 fully saturated rings. The van der Waals surface area contributed by atoms with E-state index in [1.807, 2.05) is 30.3 Å². The maximum atomic E-state index is 16.7. The van der Waals surface area contributed by atoms with E-state index in [2.05, 4.69) is 0 Å². The number of ether oxygens (including phenoxy) is 3. The summed E-state index contributed by atoms with van der Waals surface area (Å²) in [7, 11) is -3.69. The molecule has 7 rings (SSSR count). The molecule has 0 saturated carbocycles. The number of esters is 2. The lowest BCUT2D eigenvalue weighted by Crippen LogP contribution is -2.55. The molecule has 4 aliphatic heterocycles. The first kappa shape index (κ1) is 40.7. The van der Waals surface area contributed by atoms with Gasteiger partial charge in [-0.05, 0) is 54.6 Å². The Hall–Kier alpha value is -5.45. The van der Waals surface area contributed by atoms with Crippen LogP contribution in [0.2, 0.25) is 18.6 Å². The van der Waals surface area contributed by atoms with E-state index in [-0.39, 0.29) is 63.2 Å². The smallest absolute Gasteiger partial charge is 0.304 e. The lowest BCUT2D eigenvalue weighted by atomic mass is 9.82. The molecule has 4 heterocycles. The SMILES string of the molecule is CC(=O)OC1CC(=O)N1c1ccc(CN2C(=O)[C@]3(O[C@H](CC(=O)N(CCO)Cc4ccccc4)[C@@H]([Si](C)(C)F)[C@@H]3C)c3cc(N4C(=O)CC4OC(C)=O)ccc32)cc1. The number of anilines is 3. The number of carbonyl (C=O) groups excluding carboxylic acids is 6. The second-order valence-corrected chi connectivity index (χ2v) is 19.6. The van der Waals surface area contributed by atoms with Crippen molar-refractivity contribution in [3.8, 4) is 0 Å². The van der Waals surface area contributed by atoms with Gasteiger partial charge in [0.2, 0.25) is 26.1 Å². The monoisotopic (exact) mass is 814 g/mol. The van der Waals surface area contributed by atoms with Gasteiger partial charge in [-0.3, -0.25) is 38.6 Å². The number of amides is 4. The maximum Gasteiger partial charge on any atom is 0.304 e. The molecule has 0 bridgehead atoms. The normalized spacial score (nSPS) is 25.1. The molecule has 3 saturated heterocycles. The Labute approximate surface area is 336 Å². The first-order chi connectivity index (χ1) is 27.5. The number of aliphatic hydroxyl groups is 1. The average Bonchev–Trinajstić information content (AvgIpc) is 3.57. The van der Waals surface area contributed by atoms with Crippen molar-refractivity contribution in [2.45, 2.75) is 95.9 Å². The van der Waals surface area contributed by atoms with Gasteiger partial charge in [0, 0.05) is 55.3 Å². The molecule has 14 nitrogen and oxygen atoms in total. The number of halogens is 1. The fourth-order valence-electron chi connectivity index (χ4n) is 8.97. The van der Waals surface area contributed by atoms with Crippen molar-refractivity contribution in [2.24, 2.45) is 5.92 Å². The zero-order chi connectivity index (χ0) is 41.7. The molecule has 306 valence electrons. The Morgan fingerprint density at radius 1 is 0.879 bits per heavy atom. The number of rotatable bonds is 13. The van der Waals surface area contributed by atoms with E-state index >= 15 is 8.90 Å². The quantitative estimate of drug-likeness (QED) is 0.111. The molecule has 0 aliphatic carbocycles. The molecular weight excluding hydrogens is 768 g/mol. The molecular formula is C42H47FN4O10Si. The van der Waals surface area contributed by atoms with Crippen LogP contribution in [0.3, 0.4) is 0 Å². The van der Waals surface area contributed by atoms with Crippen molar-refractivity contribution in [1.82, 2.24) is 4.90 Å². The molecule has 2 unspecified atom stereocenters. The molecule has 4 amide bonds. The number of fused-ring (bicyclic) bond motifs is 2. The number of hydrogen-bond donors (Lipinski definition) is 1. The van der Waals surface area contributed by atoms with Crippen LogP contribution in [0.15, 0.2) is 72.8 Å². The number of benzene rings is 3. The van der Waals surface area contributed by atoms with Crippen molar-refractivity contribution in [3.05, 3.63) is 89.5 Å². The first-order valence-electron chi connectivity index (χ1n) is 19.4. The minimum Gasteiger partial charge on any atom is -0.441 e. The molecule has 0 radical (unpaired) electrons. The highest BCUT2D eigenvalue weighted by molar-refractivity contribution is 6.72. The Morgan fingerprint density at radius 3 is 2.02 bits per heavy atom. The summed E-state index contributed by atoms with van der Waals surface area (Å²) in [6.45, 7) is 7.40. The third-order valence-corrected chi connectivity index (χ3v) is 14.0. The molecule has 1 N–H and O–H groups in total. The van der Waals surface area contributed by atoms with Gasteiger partial charge in [-0.25, -0.2) is 0 Å². The lowest BCUT2D eigenvalue weighted by molar-refractivity contribution is -0.155. The highest BCUT2D eigenvalue weighted by Crippen LogP contribution is 2.61. The maximum absolute atomic E-state index is 16.7. The Kier molecular flexibility index (Phi) is 11.0. The Bertz CT molecular complexity index is 2130. The van der Waals surface area contributed by atoms with Gasteiger partial charge in [0.25, 0.3) is 5.91 Å². The topological polar surface area (TPSA) is 163 Å². The van der Waals surface area contributed by atoms with E-state index in [9.17, 15) is 29.1 Å². The minimum absolute atomic E-state index is 0.0123. The van der Waals surface area contributed by atoms with E-state index in [0.29, 0.717) is 28.2 Å². The van der Waals surface area contributed by atoms with Gasteiger partial charge in [-0.1, -0.05) is 49.4 Å². The Balaban J connectivity index is 1.25. The van der Waals surface area contributed by atoms with Gasteiger partial charge < -0.3 is 33.2 Å². The first-order valence-corrected chi connectivity index (χ1v) is 22.3. The van der Waals surface area contributed by atoms with E-state index < -0.39 is 61.9 Å². The molecule has 16 heteroatoms. The molecule has 0 aromatic heterocycles. The van der Waals surface area contributed by atoms with Crippen LogP contribution in [-0.4, -0.2) is 85.7 Å². The van der Waals surface area contributed by atoms with Crippen molar-refractivity contribution >= 4 is 61.0 Å². The summed E-state index contributed by atoms with van der Waals surface area (Å²) < 4.78 is 34.2. The molecule has 58 heavy (non-hydrogen) atoms. The summed E-state index contributed by atoms with van der Waals surface area (Å²) in [5, 5.41) is 9.88. The van der Waals surface area contributed by atoms with Crippen LogP contribution >= 0.6 is 0 Å². The summed E-state index contributed by atoms with van der Waals surface area (Å²) in [5.74, 6) is -3.16. The molecule has 4 aliphatic rings. The second kappa shape index (κ2) is 15.7. The predicted octanol–water partition coefficient (Wildman–Crippen LogP) is 4.67. The highest BCUT2D eigenvalue weighted by Gasteiger charge is 2.67. The van der Waals surface area contributed by atoms with Crippen LogP contribution in [0.5, 0.6) is 0 Å². The van der Waals surface area contributed by atoms with Crippen LogP contribution in [0, 0.1) is 5.92 Å². The number of β-lactam (4-membered cyclic amide) rings is 2. The standard InChI is InChI=1S/C42H47FN4O10Si/c1-25-40(58(4,5)43)34(20-35(51)44(17-18-48)23-28-9-7-6-8-10-28)57-42(25)32-19-31(47-37(53)22-39(47)56-27(3)50)15-16-33(32)45(41(42)54)24-29-11-13-30(14-12-29)46-36(52)21-38(46)55-26(2)49/h6-16,19,25,34,38-40,48H,17-18,20-24H2,1-5H3/t25-,34+,38?,39?,40-,42+/m0/s1. The van der Waals surface area contributed by atoms with Gasteiger partial charge in [0.05, 0.1) is 44.2 Å². The van der Waals surface area contributed by atoms with E-state index in [0.717, 1.165) is 5.56 Å². The summed E-state index contributed by atoms with van der Waals surface area (Å²) in [4.78, 5) is 83.8. The summed E-state index contributed by atoms with van der Waals surface area (Å²) in [5.41, 5.74) is 0.693. The van der Waals surface area contributed by atoms with Gasteiger partial charge >= 0.3 is 11.9 Å². The molecule has 6 atom stereocenters. The minimum atomic E-state index is -3.69. The number of hydrogen-bond acceptors (Lipinski definition) is 10. The second-order valence-electron chi connectivity index (χ2n) is 15.8. The van der Waals surface area contributed by atoms with Crippen LogP contribution in [-0.2, 0) is 61.7 Å². The zero-order valence-corrected chi connectivity index (χ0v) is 34.1. The fraction of sp³-hybridized carbons (Fsp3) is 0.429. The lowest BCUT2D eigenvalue weighted by Gasteiger charge is -2.39. The van der Waals surface area contributed by atoms with Crippen molar-refractivity contribution in [3.63, 3.8) is 0 Å². The van der Waals surface area contributed by atoms with Gasteiger partial charge in [-0.2, -0.15) is 0 Å². The predicted molar refractivity (Wildman–Crippen MR) is 211 cm³/mol. The molecule has 3 aromatic carbocycles. The van der Waals surface area contributed by atoms with Gasteiger partial charge in [0.15, 0.2) is 18.1 Å². The van der Waals surface area contributed by atoms with Crippen molar-refractivity contribution in [1.29, 1.82) is 0 Å². The number of nitrogens with zero attached hydrogens (tertiary/aromatic N) is 4. The van der Waals surface area contributed by atoms with Crippen molar-refractivity contribution < 1.29 is 52.2 Å². The number of aliphatic hydroxyl groups excluding tert-OH is 1. The van der Waals surface area contributed by atoms with Gasteiger partial charge in [-0.15, -0.1) is 0 Å². The third kappa shape index (κ3) is 7.39. The third-order valence-electron chi connectivity index (χ3n) is 11.5. The fourth-order valence-corrected chi connectivity index (χ4v) is 11.5. The van der Waals surface area contributed by atoms with E-state index in [1.165, 1.54) is 41.6 Å². The summed E-state index contributed by atoms with van der Waals surface area (Å²) in [6, 6.07) is 21.2. The number of carbonyl (C=O) groups is 6. The molecule has 1 spiro atoms. The summed E-state index contributed by atoms with van der Waals surface area (Å²) >= 11 is 0. The highest BCUT2D eigenvalue weighted by atomic mass is 28.4. The average molecular weight is 815 g/mol. The van der Waals surface area contributed by atoms with Crippen LogP contribution in [0.4, 0.5) is 21.2 Å².